The first kappa shape index (κ1) is 18.0. The third-order valence-corrected chi connectivity index (χ3v) is 3.97. The first-order valence-corrected chi connectivity index (χ1v) is 7.86. The lowest BCUT2D eigenvalue weighted by Crippen LogP contribution is -2.30. The molecule has 26 heavy (non-hydrogen) atoms. The van der Waals surface area contributed by atoms with Gasteiger partial charge >= 0.3 is 6.18 Å². The summed E-state index contributed by atoms with van der Waals surface area (Å²) >= 11 is 0. The van der Waals surface area contributed by atoms with Gasteiger partial charge in [-0.3, -0.25) is 4.79 Å². The summed E-state index contributed by atoms with van der Waals surface area (Å²) in [6, 6.07) is 13.8. The summed E-state index contributed by atoms with van der Waals surface area (Å²) < 4.78 is 50.1. The van der Waals surface area contributed by atoms with Gasteiger partial charge in [-0.2, -0.15) is 13.2 Å². The maximum atomic E-state index is 13.0. The Bertz CT molecular complexity index is 885. The number of halogens is 3. The lowest BCUT2D eigenvalue weighted by molar-refractivity contribution is -0.137. The maximum Gasteiger partial charge on any atom is 0.417 e. The average Bonchev–Trinajstić information content (AvgIpc) is 3.05. The van der Waals surface area contributed by atoms with E-state index in [1.807, 2.05) is 18.2 Å². The van der Waals surface area contributed by atoms with E-state index in [-0.39, 0.29) is 6.54 Å². The van der Waals surface area contributed by atoms with Crippen LogP contribution in [0.2, 0.25) is 0 Å². The van der Waals surface area contributed by atoms with Crippen molar-refractivity contribution < 1.29 is 27.1 Å². The summed E-state index contributed by atoms with van der Waals surface area (Å²) in [7, 11) is 1.44. The molecule has 0 radical (unpaired) electrons. The van der Waals surface area contributed by atoms with Gasteiger partial charge in [0.2, 0.25) is 0 Å². The van der Waals surface area contributed by atoms with Crippen LogP contribution in [0.15, 0.2) is 59.0 Å². The fourth-order valence-corrected chi connectivity index (χ4v) is 2.67. The number of carbonyl (C=O) groups excluding carboxylic acids is 1. The van der Waals surface area contributed by atoms with E-state index in [0.717, 1.165) is 17.5 Å². The zero-order chi connectivity index (χ0) is 18.7. The number of ether oxygens (including phenoxy) is 1. The van der Waals surface area contributed by atoms with Gasteiger partial charge in [-0.05, 0) is 24.3 Å². The quantitative estimate of drug-likeness (QED) is 0.722. The Morgan fingerprint density at radius 1 is 1.15 bits per heavy atom. The van der Waals surface area contributed by atoms with E-state index in [4.69, 9.17) is 9.15 Å². The van der Waals surface area contributed by atoms with Crippen LogP contribution in [-0.2, 0) is 10.9 Å². The van der Waals surface area contributed by atoms with Crippen LogP contribution in [0.4, 0.5) is 13.2 Å². The molecule has 0 unspecified atom stereocenters. The van der Waals surface area contributed by atoms with Crippen LogP contribution < -0.4 is 5.32 Å². The number of nitrogens with one attached hydrogen (secondary N) is 1. The van der Waals surface area contributed by atoms with Gasteiger partial charge in [-0.15, -0.1) is 0 Å². The Balaban J connectivity index is 1.76. The molecule has 3 rings (SSSR count). The van der Waals surface area contributed by atoms with E-state index in [1.54, 1.807) is 12.1 Å². The van der Waals surface area contributed by atoms with E-state index in [9.17, 15) is 18.0 Å². The molecule has 1 heterocycles. The number of alkyl halides is 3. The lowest BCUT2D eigenvalue weighted by atomic mass is 10.1. The number of rotatable bonds is 5. The monoisotopic (exact) mass is 363 g/mol. The number of hydrogen-bond acceptors (Lipinski definition) is 3. The SMILES string of the molecule is CO[C@@H](CNC(=O)c1ccccc1C(F)(F)F)c1cc2ccccc2o1. The molecule has 1 atom stereocenters. The minimum absolute atomic E-state index is 0.0264. The van der Waals surface area contributed by atoms with Crippen molar-refractivity contribution in [1.82, 2.24) is 5.32 Å². The zero-order valence-electron chi connectivity index (χ0n) is 13.8. The van der Waals surface area contributed by atoms with E-state index < -0.39 is 29.3 Å². The summed E-state index contributed by atoms with van der Waals surface area (Å²) in [5.74, 6) is -0.339. The van der Waals surface area contributed by atoms with Crippen LogP contribution in [0, 0.1) is 0 Å². The third-order valence-electron chi connectivity index (χ3n) is 3.97. The van der Waals surface area contributed by atoms with Crippen molar-refractivity contribution in [2.75, 3.05) is 13.7 Å². The molecule has 0 aliphatic carbocycles. The number of furan rings is 1. The van der Waals surface area contributed by atoms with Gasteiger partial charge in [0.15, 0.2) is 0 Å². The van der Waals surface area contributed by atoms with Crippen molar-refractivity contribution in [2.24, 2.45) is 0 Å². The van der Waals surface area contributed by atoms with E-state index in [1.165, 1.54) is 19.2 Å². The first-order chi connectivity index (χ1) is 12.4. The summed E-state index contributed by atoms with van der Waals surface area (Å²) in [6.45, 7) is -0.0264. The number of methoxy groups -OCH3 is 1. The topological polar surface area (TPSA) is 51.5 Å². The molecule has 2 aromatic carbocycles. The number of benzene rings is 2. The van der Waals surface area contributed by atoms with Gasteiger partial charge in [0.05, 0.1) is 17.7 Å². The molecule has 1 N–H and O–H groups in total. The predicted molar refractivity (Wildman–Crippen MR) is 89.7 cm³/mol. The van der Waals surface area contributed by atoms with Crippen LogP contribution in [0.5, 0.6) is 0 Å². The van der Waals surface area contributed by atoms with Crippen molar-refractivity contribution in [3.63, 3.8) is 0 Å². The molecule has 0 spiro atoms. The smallest absolute Gasteiger partial charge is 0.417 e. The summed E-state index contributed by atoms with van der Waals surface area (Å²) in [4.78, 5) is 12.2. The number of para-hydroxylation sites is 1. The molecule has 0 aliphatic heterocycles. The normalized spacial score (nSPS) is 12.9. The molecule has 4 nitrogen and oxygen atoms in total. The highest BCUT2D eigenvalue weighted by Gasteiger charge is 2.34. The molecule has 0 aliphatic rings. The molecule has 7 heteroatoms. The molecule has 0 bridgehead atoms. The second-order valence-corrected chi connectivity index (χ2v) is 5.66. The van der Waals surface area contributed by atoms with Crippen LogP contribution in [-0.4, -0.2) is 19.6 Å². The van der Waals surface area contributed by atoms with Crippen molar-refractivity contribution in [3.8, 4) is 0 Å². The van der Waals surface area contributed by atoms with Crippen LogP contribution >= 0.6 is 0 Å². The second kappa shape index (κ2) is 7.21. The molecule has 3 aromatic rings. The van der Waals surface area contributed by atoms with Crippen molar-refractivity contribution in [3.05, 3.63) is 71.5 Å². The van der Waals surface area contributed by atoms with Gasteiger partial charge in [0.25, 0.3) is 5.91 Å². The predicted octanol–water partition coefficient (Wildman–Crippen LogP) is 4.57. The average molecular weight is 363 g/mol. The summed E-state index contributed by atoms with van der Waals surface area (Å²) in [6.07, 6.45) is -5.22. The second-order valence-electron chi connectivity index (χ2n) is 5.66. The minimum Gasteiger partial charge on any atom is -0.458 e. The van der Waals surface area contributed by atoms with Crippen molar-refractivity contribution in [2.45, 2.75) is 12.3 Å². The minimum atomic E-state index is -4.60. The van der Waals surface area contributed by atoms with Crippen LogP contribution in [0.1, 0.15) is 27.8 Å². The largest absolute Gasteiger partial charge is 0.458 e. The number of carbonyl (C=O) groups is 1. The van der Waals surface area contributed by atoms with Crippen molar-refractivity contribution >= 4 is 16.9 Å². The molecular weight excluding hydrogens is 347 g/mol. The lowest BCUT2D eigenvalue weighted by Gasteiger charge is -2.16. The van der Waals surface area contributed by atoms with E-state index >= 15 is 0 Å². The van der Waals surface area contributed by atoms with Gasteiger partial charge in [0, 0.05) is 12.5 Å². The highest BCUT2D eigenvalue weighted by molar-refractivity contribution is 5.95. The highest BCUT2D eigenvalue weighted by Crippen LogP contribution is 2.32. The maximum absolute atomic E-state index is 13.0. The fourth-order valence-electron chi connectivity index (χ4n) is 2.67. The summed E-state index contributed by atoms with van der Waals surface area (Å²) in [5, 5.41) is 3.35. The third kappa shape index (κ3) is 3.72. The molecule has 136 valence electrons. The Morgan fingerprint density at radius 3 is 2.54 bits per heavy atom. The van der Waals surface area contributed by atoms with Gasteiger partial charge < -0.3 is 14.5 Å². The number of hydrogen-bond donors (Lipinski definition) is 1. The molecular formula is C19H16F3NO3. The molecule has 1 amide bonds. The summed E-state index contributed by atoms with van der Waals surface area (Å²) in [5.41, 5.74) is -0.743. The number of amides is 1. The van der Waals surface area contributed by atoms with Crippen LogP contribution in [0.25, 0.3) is 11.0 Å². The van der Waals surface area contributed by atoms with Gasteiger partial charge in [-0.1, -0.05) is 30.3 Å². The van der Waals surface area contributed by atoms with Gasteiger partial charge in [0.1, 0.15) is 17.4 Å². The Kier molecular flexibility index (Phi) is 4.99. The van der Waals surface area contributed by atoms with E-state index in [0.29, 0.717) is 11.3 Å². The molecule has 0 saturated carbocycles. The first-order valence-electron chi connectivity index (χ1n) is 7.86. The van der Waals surface area contributed by atoms with Crippen molar-refractivity contribution in [1.29, 1.82) is 0 Å². The van der Waals surface area contributed by atoms with Gasteiger partial charge in [-0.25, -0.2) is 0 Å². The van der Waals surface area contributed by atoms with E-state index in [2.05, 4.69) is 5.32 Å². The molecule has 0 fully saturated rings. The fraction of sp³-hybridized carbons (Fsp3) is 0.211. The standard InChI is InChI=1S/C19H16F3NO3/c1-25-17(16-10-12-6-2-5-9-15(12)26-16)11-23-18(24)13-7-3-4-8-14(13)19(20,21)22/h2-10,17H,11H2,1H3,(H,23,24)/t17-/m0/s1. The Morgan fingerprint density at radius 2 is 1.85 bits per heavy atom. The highest BCUT2D eigenvalue weighted by atomic mass is 19.4. The zero-order valence-corrected chi connectivity index (χ0v) is 13.8. The Labute approximate surface area is 147 Å². The number of fused-ring (bicyclic) bond motifs is 1. The molecule has 1 aromatic heterocycles. The Hall–Kier alpha value is -2.80. The molecule has 0 saturated heterocycles. The van der Waals surface area contributed by atoms with Crippen LogP contribution in [0.3, 0.4) is 0 Å².